The van der Waals surface area contributed by atoms with Crippen molar-refractivity contribution in [2.75, 3.05) is 32.8 Å². The zero-order valence-corrected chi connectivity index (χ0v) is 19.3. The fraction of sp³-hybridized carbons (Fsp3) is 0.217. The minimum atomic E-state index is -3.65. The molecule has 3 aromatic carbocycles. The van der Waals surface area contributed by atoms with Crippen molar-refractivity contribution in [1.29, 1.82) is 0 Å². The number of nitrogens with zero attached hydrogens (tertiary/aromatic N) is 3. The fourth-order valence-corrected chi connectivity index (χ4v) is 5.25. The van der Waals surface area contributed by atoms with Crippen LogP contribution >= 0.6 is 11.6 Å². The van der Waals surface area contributed by atoms with Gasteiger partial charge in [-0.25, -0.2) is 8.42 Å². The Morgan fingerprint density at radius 1 is 0.970 bits per heavy atom. The van der Waals surface area contributed by atoms with Crippen LogP contribution in [0.2, 0.25) is 5.02 Å². The summed E-state index contributed by atoms with van der Waals surface area (Å²) in [5.74, 6) is -0.183. The lowest BCUT2D eigenvalue weighted by Gasteiger charge is -2.33. The molecule has 172 valence electrons. The van der Waals surface area contributed by atoms with E-state index in [9.17, 15) is 13.2 Å². The Balaban J connectivity index is 1.33. The lowest BCUT2D eigenvalue weighted by Crippen LogP contribution is -2.51. The molecule has 0 aromatic heterocycles. The molecule has 8 nitrogen and oxygen atoms in total. The first-order valence-corrected chi connectivity index (χ1v) is 12.1. The maximum Gasteiger partial charge on any atom is 0.263 e. The predicted octanol–water partition coefficient (Wildman–Crippen LogP) is 2.66. The highest BCUT2D eigenvalue weighted by Crippen LogP contribution is 2.23. The molecule has 0 atom stereocenters. The van der Waals surface area contributed by atoms with Crippen molar-refractivity contribution in [3.63, 3.8) is 0 Å². The van der Waals surface area contributed by atoms with Crippen molar-refractivity contribution >= 4 is 44.1 Å². The van der Waals surface area contributed by atoms with E-state index in [2.05, 4.69) is 5.16 Å². The Labute approximate surface area is 197 Å². The summed E-state index contributed by atoms with van der Waals surface area (Å²) in [6.45, 7) is 0.646. The van der Waals surface area contributed by atoms with Crippen LogP contribution in [0.5, 0.6) is 0 Å². The molecule has 1 aliphatic heterocycles. The number of hydrogen-bond donors (Lipinski definition) is 1. The quantitative estimate of drug-likeness (QED) is 0.327. The highest BCUT2D eigenvalue weighted by molar-refractivity contribution is 7.89. The third-order valence-corrected chi connectivity index (χ3v) is 7.55. The van der Waals surface area contributed by atoms with Gasteiger partial charge in [0.25, 0.3) is 5.91 Å². The maximum absolute atomic E-state index is 13.1. The zero-order chi connectivity index (χ0) is 23.4. The standard InChI is InChI=1S/C23H23ClN4O4S/c24-20-7-3-6-19(14-20)23(25)26-32-16-22(29)27-10-12-28(13-11-27)33(30,31)21-9-8-17-4-1-2-5-18(17)15-21/h1-9,14-15H,10-13,16H2,(H2,25,26). The van der Waals surface area contributed by atoms with Crippen molar-refractivity contribution in [1.82, 2.24) is 9.21 Å². The predicted molar refractivity (Wildman–Crippen MR) is 127 cm³/mol. The average Bonchev–Trinajstić information content (AvgIpc) is 2.83. The highest BCUT2D eigenvalue weighted by Gasteiger charge is 2.30. The van der Waals surface area contributed by atoms with Gasteiger partial charge in [0.15, 0.2) is 12.4 Å². The normalized spacial score (nSPS) is 15.5. The number of hydrogen-bond acceptors (Lipinski definition) is 5. The van der Waals surface area contributed by atoms with Crippen LogP contribution in [0, 0.1) is 0 Å². The number of fused-ring (bicyclic) bond motifs is 1. The summed E-state index contributed by atoms with van der Waals surface area (Å²) in [5.41, 5.74) is 6.44. The first-order valence-electron chi connectivity index (χ1n) is 10.3. The summed E-state index contributed by atoms with van der Waals surface area (Å²) in [7, 11) is -3.65. The van der Waals surface area contributed by atoms with Gasteiger partial charge in [0.05, 0.1) is 4.90 Å². The van der Waals surface area contributed by atoms with Crippen molar-refractivity contribution in [2.45, 2.75) is 4.90 Å². The number of sulfonamides is 1. The number of piperazine rings is 1. The van der Waals surface area contributed by atoms with Gasteiger partial charge in [-0.2, -0.15) is 4.31 Å². The molecule has 0 unspecified atom stereocenters. The molecule has 2 N–H and O–H groups in total. The van der Waals surface area contributed by atoms with E-state index >= 15 is 0 Å². The summed E-state index contributed by atoms with van der Waals surface area (Å²) >= 11 is 5.92. The molecule has 1 aliphatic rings. The zero-order valence-electron chi connectivity index (χ0n) is 17.7. The van der Waals surface area contributed by atoms with Crippen LogP contribution in [0.4, 0.5) is 0 Å². The van der Waals surface area contributed by atoms with Gasteiger partial charge < -0.3 is 15.5 Å². The molecule has 0 saturated carbocycles. The maximum atomic E-state index is 13.1. The topological polar surface area (TPSA) is 105 Å². The van der Waals surface area contributed by atoms with Gasteiger partial charge in [-0.05, 0) is 35.0 Å². The third-order valence-electron chi connectivity index (χ3n) is 5.42. The minimum Gasteiger partial charge on any atom is -0.384 e. The SMILES string of the molecule is N/C(=N/OCC(=O)N1CCN(S(=O)(=O)c2ccc3ccccc3c2)CC1)c1cccc(Cl)c1. The smallest absolute Gasteiger partial charge is 0.263 e. The Morgan fingerprint density at radius 2 is 1.70 bits per heavy atom. The number of carbonyl (C=O) groups is 1. The monoisotopic (exact) mass is 486 g/mol. The Hall–Kier alpha value is -3.14. The molecular formula is C23H23ClN4O4S. The molecule has 4 rings (SSSR count). The average molecular weight is 487 g/mol. The Morgan fingerprint density at radius 3 is 2.42 bits per heavy atom. The van der Waals surface area contributed by atoms with Gasteiger partial charge in [0.1, 0.15) is 0 Å². The molecular weight excluding hydrogens is 464 g/mol. The van der Waals surface area contributed by atoms with Crippen LogP contribution < -0.4 is 5.73 Å². The van der Waals surface area contributed by atoms with Crippen molar-refractivity contribution in [3.8, 4) is 0 Å². The van der Waals surface area contributed by atoms with Gasteiger partial charge in [-0.3, -0.25) is 4.79 Å². The second-order valence-corrected chi connectivity index (χ2v) is 9.93. The molecule has 1 fully saturated rings. The number of amides is 1. The lowest BCUT2D eigenvalue weighted by atomic mass is 10.1. The second-order valence-electron chi connectivity index (χ2n) is 7.55. The van der Waals surface area contributed by atoms with Gasteiger partial charge in [-0.1, -0.05) is 59.2 Å². The van der Waals surface area contributed by atoms with Gasteiger partial charge in [0.2, 0.25) is 10.0 Å². The lowest BCUT2D eigenvalue weighted by molar-refractivity contribution is -0.137. The van der Waals surface area contributed by atoms with E-state index in [-0.39, 0.29) is 49.4 Å². The van der Waals surface area contributed by atoms with E-state index in [1.807, 2.05) is 24.3 Å². The Bertz CT molecular complexity index is 1300. The second kappa shape index (κ2) is 9.78. The van der Waals surface area contributed by atoms with Crippen LogP contribution in [0.3, 0.4) is 0 Å². The number of rotatable bonds is 6. The van der Waals surface area contributed by atoms with E-state index in [0.717, 1.165) is 10.8 Å². The molecule has 1 saturated heterocycles. The van der Waals surface area contributed by atoms with Crippen LogP contribution in [0.15, 0.2) is 76.8 Å². The van der Waals surface area contributed by atoms with E-state index in [4.69, 9.17) is 22.2 Å². The molecule has 1 heterocycles. The van der Waals surface area contributed by atoms with Crippen LogP contribution in [0.1, 0.15) is 5.56 Å². The molecule has 33 heavy (non-hydrogen) atoms. The molecule has 0 bridgehead atoms. The largest absolute Gasteiger partial charge is 0.384 e. The summed E-state index contributed by atoms with van der Waals surface area (Å²) in [4.78, 5) is 19.3. The van der Waals surface area contributed by atoms with E-state index in [1.165, 1.54) is 4.31 Å². The number of amidine groups is 1. The minimum absolute atomic E-state index is 0.108. The molecule has 3 aromatic rings. The molecule has 0 aliphatic carbocycles. The van der Waals surface area contributed by atoms with E-state index < -0.39 is 10.0 Å². The van der Waals surface area contributed by atoms with Crippen LogP contribution in [-0.2, 0) is 19.7 Å². The highest BCUT2D eigenvalue weighted by atomic mass is 35.5. The summed E-state index contributed by atoms with van der Waals surface area (Å²) < 4.78 is 27.5. The Kier molecular flexibility index (Phi) is 6.83. The number of oxime groups is 1. The molecule has 10 heteroatoms. The van der Waals surface area contributed by atoms with Crippen molar-refractivity contribution in [3.05, 3.63) is 77.3 Å². The van der Waals surface area contributed by atoms with E-state index in [0.29, 0.717) is 10.6 Å². The number of benzene rings is 3. The summed E-state index contributed by atoms with van der Waals surface area (Å²) in [5, 5.41) is 6.12. The first kappa shape index (κ1) is 23.0. The number of halogens is 1. The summed E-state index contributed by atoms with van der Waals surface area (Å²) in [6.07, 6.45) is 0. The third kappa shape index (κ3) is 5.27. The first-order chi connectivity index (χ1) is 15.8. The number of nitrogens with two attached hydrogens (primary N) is 1. The molecule has 0 radical (unpaired) electrons. The fourth-order valence-electron chi connectivity index (χ4n) is 3.60. The van der Waals surface area contributed by atoms with Gasteiger partial charge in [0, 0.05) is 36.8 Å². The van der Waals surface area contributed by atoms with Crippen LogP contribution in [-0.4, -0.2) is 62.2 Å². The van der Waals surface area contributed by atoms with Crippen molar-refractivity contribution in [2.24, 2.45) is 10.9 Å². The van der Waals surface area contributed by atoms with Crippen LogP contribution in [0.25, 0.3) is 10.8 Å². The van der Waals surface area contributed by atoms with E-state index in [1.54, 1.807) is 47.4 Å². The van der Waals surface area contributed by atoms with Gasteiger partial charge in [-0.15, -0.1) is 0 Å². The summed E-state index contributed by atoms with van der Waals surface area (Å²) in [6, 6.07) is 19.5. The molecule has 0 spiro atoms. The molecule has 1 amide bonds. The number of carbonyl (C=O) groups excluding carboxylic acids is 1. The van der Waals surface area contributed by atoms with Gasteiger partial charge >= 0.3 is 0 Å². The van der Waals surface area contributed by atoms with Crippen molar-refractivity contribution < 1.29 is 18.0 Å².